The minimum atomic E-state index is -4.71. The molecule has 0 aromatic heterocycles. The zero-order chi connectivity index (χ0) is 13.1. The molecule has 0 radical (unpaired) electrons. The van der Waals surface area contributed by atoms with Crippen LogP contribution in [0.3, 0.4) is 0 Å². The summed E-state index contributed by atoms with van der Waals surface area (Å²) < 4.78 is 50.2. The van der Waals surface area contributed by atoms with Gasteiger partial charge in [0.15, 0.2) is 0 Å². The maximum Gasteiger partial charge on any atom is 0.522 e. The van der Waals surface area contributed by atoms with Crippen LogP contribution in [0.25, 0.3) is 0 Å². The molecule has 1 unspecified atom stereocenters. The molecule has 0 spiro atoms. The van der Waals surface area contributed by atoms with Crippen molar-refractivity contribution < 1.29 is 22.1 Å². The van der Waals surface area contributed by atoms with Gasteiger partial charge in [-0.05, 0) is 18.2 Å². The number of anilines is 1. The van der Waals surface area contributed by atoms with Gasteiger partial charge in [-0.15, -0.1) is 13.2 Å². The molecule has 17 heavy (non-hydrogen) atoms. The SMILES string of the molecule is Nc1ccc(S(=O)CCOC(F)(F)F)c(Cl)c1. The summed E-state index contributed by atoms with van der Waals surface area (Å²) in [7, 11) is -1.65. The van der Waals surface area contributed by atoms with Crippen molar-refractivity contribution in [1.82, 2.24) is 0 Å². The minimum absolute atomic E-state index is 0.162. The van der Waals surface area contributed by atoms with Crippen LogP contribution < -0.4 is 5.73 Å². The number of hydrogen-bond acceptors (Lipinski definition) is 3. The Bertz CT molecular complexity index is 425. The Morgan fingerprint density at radius 3 is 2.59 bits per heavy atom. The second-order valence-electron chi connectivity index (χ2n) is 3.03. The first-order chi connectivity index (χ1) is 7.79. The van der Waals surface area contributed by atoms with Crippen LogP contribution in [0.1, 0.15) is 0 Å². The molecule has 0 bridgehead atoms. The Morgan fingerprint density at radius 2 is 2.06 bits per heavy atom. The van der Waals surface area contributed by atoms with Gasteiger partial charge in [-0.3, -0.25) is 8.95 Å². The molecule has 0 saturated heterocycles. The summed E-state index contributed by atoms with van der Waals surface area (Å²) in [4.78, 5) is 0.242. The van der Waals surface area contributed by atoms with Gasteiger partial charge in [0.1, 0.15) is 0 Å². The van der Waals surface area contributed by atoms with E-state index in [0.29, 0.717) is 5.69 Å². The number of halogens is 4. The molecule has 1 atom stereocenters. The third-order valence-corrected chi connectivity index (χ3v) is 3.54. The zero-order valence-electron chi connectivity index (χ0n) is 8.46. The first kappa shape index (κ1) is 14.3. The third kappa shape index (κ3) is 4.93. The fourth-order valence-electron chi connectivity index (χ4n) is 1.04. The first-order valence-electron chi connectivity index (χ1n) is 4.43. The smallest absolute Gasteiger partial charge is 0.399 e. The van der Waals surface area contributed by atoms with Crippen molar-refractivity contribution in [2.24, 2.45) is 0 Å². The van der Waals surface area contributed by atoms with E-state index in [-0.39, 0.29) is 15.7 Å². The Labute approximate surface area is 103 Å². The molecule has 0 aliphatic carbocycles. The van der Waals surface area contributed by atoms with E-state index in [2.05, 4.69) is 4.74 Å². The average Bonchev–Trinajstić information content (AvgIpc) is 2.15. The molecule has 8 heteroatoms. The molecule has 0 amide bonds. The number of hydrogen-bond donors (Lipinski definition) is 1. The fraction of sp³-hybridized carbons (Fsp3) is 0.333. The highest BCUT2D eigenvalue weighted by atomic mass is 35.5. The third-order valence-electron chi connectivity index (χ3n) is 1.74. The van der Waals surface area contributed by atoms with E-state index in [1.807, 2.05) is 0 Å². The molecule has 0 fully saturated rings. The summed E-state index contributed by atoms with van der Waals surface area (Å²) in [6, 6.07) is 4.28. The minimum Gasteiger partial charge on any atom is -0.399 e. The number of ether oxygens (including phenoxy) is 1. The fourth-order valence-corrected chi connectivity index (χ4v) is 2.44. The van der Waals surface area contributed by atoms with Crippen molar-refractivity contribution in [3.8, 4) is 0 Å². The van der Waals surface area contributed by atoms with Gasteiger partial charge in [0.2, 0.25) is 0 Å². The molecule has 1 rings (SSSR count). The molecule has 1 aromatic carbocycles. The van der Waals surface area contributed by atoms with Gasteiger partial charge in [0, 0.05) is 5.69 Å². The molecule has 1 aromatic rings. The van der Waals surface area contributed by atoms with Crippen LogP contribution in [0, 0.1) is 0 Å². The number of rotatable bonds is 4. The van der Waals surface area contributed by atoms with E-state index < -0.39 is 23.8 Å². The van der Waals surface area contributed by atoms with Crippen molar-refractivity contribution in [3.63, 3.8) is 0 Å². The lowest BCUT2D eigenvalue weighted by molar-refractivity contribution is -0.322. The standard InChI is InChI=1S/C9H9ClF3NO2S/c10-7-5-6(14)1-2-8(7)17(15)4-3-16-9(11,12)13/h1-2,5H,3-4,14H2. The van der Waals surface area contributed by atoms with Crippen molar-refractivity contribution in [2.75, 3.05) is 18.1 Å². The summed E-state index contributed by atoms with van der Waals surface area (Å²) in [6.45, 7) is -0.684. The highest BCUT2D eigenvalue weighted by Crippen LogP contribution is 2.23. The number of benzene rings is 1. The van der Waals surface area contributed by atoms with E-state index in [9.17, 15) is 17.4 Å². The van der Waals surface area contributed by atoms with Crippen molar-refractivity contribution >= 4 is 28.1 Å². The molecule has 0 heterocycles. The maximum absolute atomic E-state index is 11.7. The lowest BCUT2D eigenvalue weighted by atomic mass is 10.3. The molecule has 0 aliphatic rings. The van der Waals surface area contributed by atoms with Gasteiger partial charge in [0.25, 0.3) is 0 Å². The molecular weight excluding hydrogens is 279 g/mol. The van der Waals surface area contributed by atoms with E-state index >= 15 is 0 Å². The van der Waals surface area contributed by atoms with Gasteiger partial charge in [-0.2, -0.15) is 0 Å². The largest absolute Gasteiger partial charge is 0.522 e. The molecule has 2 N–H and O–H groups in total. The maximum atomic E-state index is 11.7. The van der Waals surface area contributed by atoms with Crippen LogP contribution in [0.2, 0.25) is 5.02 Å². The highest BCUT2D eigenvalue weighted by molar-refractivity contribution is 7.85. The number of alkyl halides is 3. The lowest BCUT2D eigenvalue weighted by Crippen LogP contribution is -2.17. The van der Waals surface area contributed by atoms with Gasteiger partial charge >= 0.3 is 6.36 Å². The second kappa shape index (κ2) is 5.70. The van der Waals surface area contributed by atoms with Gasteiger partial charge < -0.3 is 5.73 Å². The highest BCUT2D eigenvalue weighted by Gasteiger charge is 2.29. The predicted molar refractivity (Wildman–Crippen MR) is 59.1 cm³/mol. The molecular formula is C9H9ClF3NO2S. The summed E-state index contributed by atoms with van der Waals surface area (Å²) in [5.41, 5.74) is 5.82. The van der Waals surface area contributed by atoms with Gasteiger partial charge in [-0.1, -0.05) is 11.6 Å². The molecule has 96 valence electrons. The van der Waals surface area contributed by atoms with Crippen molar-refractivity contribution in [2.45, 2.75) is 11.3 Å². The molecule has 3 nitrogen and oxygen atoms in total. The van der Waals surface area contributed by atoms with Crippen LogP contribution in [0.4, 0.5) is 18.9 Å². The first-order valence-corrected chi connectivity index (χ1v) is 6.13. The van der Waals surface area contributed by atoms with E-state index in [1.165, 1.54) is 18.2 Å². The lowest BCUT2D eigenvalue weighted by Gasteiger charge is -2.08. The summed E-state index contributed by atoms with van der Waals surface area (Å²) in [6.07, 6.45) is -4.71. The average molecular weight is 288 g/mol. The Hall–Kier alpha value is -0.790. The monoisotopic (exact) mass is 287 g/mol. The normalized spacial score (nSPS) is 13.6. The van der Waals surface area contributed by atoms with Crippen LogP contribution in [-0.4, -0.2) is 22.9 Å². The topological polar surface area (TPSA) is 52.3 Å². The van der Waals surface area contributed by atoms with Crippen LogP contribution in [-0.2, 0) is 15.5 Å². The van der Waals surface area contributed by atoms with Crippen LogP contribution >= 0.6 is 11.6 Å². The predicted octanol–water partition coefficient (Wildman–Crippen LogP) is 2.57. The number of nitrogen functional groups attached to an aromatic ring is 1. The Kier molecular flexibility index (Phi) is 4.79. The van der Waals surface area contributed by atoms with E-state index in [0.717, 1.165) is 0 Å². The van der Waals surface area contributed by atoms with Gasteiger partial charge in [0.05, 0.1) is 33.1 Å². The van der Waals surface area contributed by atoms with E-state index in [1.54, 1.807) is 0 Å². The second-order valence-corrected chi connectivity index (χ2v) is 4.98. The van der Waals surface area contributed by atoms with E-state index in [4.69, 9.17) is 17.3 Å². The number of nitrogens with two attached hydrogens (primary N) is 1. The van der Waals surface area contributed by atoms with Crippen LogP contribution in [0.15, 0.2) is 23.1 Å². The Balaban J connectivity index is 2.59. The van der Waals surface area contributed by atoms with Crippen molar-refractivity contribution in [1.29, 1.82) is 0 Å². The summed E-state index contributed by atoms with van der Waals surface area (Å²) in [5.74, 6) is -0.289. The molecule has 0 saturated carbocycles. The summed E-state index contributed by atoms with van der Waals surface area (Å²) in [5, 5.41) is 0.162. The van der Waals surface area contributed by atoms with Gasteiger partial charge in [-0.25, -0.2) is 0 Å². The Morgan fingerprint density at radius 1 is 1.41 bits per heavy atom. The van der Waals surface area contributed by atoms with Crippen LogP contribution in [0.5, 0.6) is 0 Å². The van der Waals surface area contributed by atoms with Crippen molar-refractivity contribution in [3.05, 3.63) is 23.2 Å². The summed E-state index contributed by atoms with van der Waals surface area (Å²) >= 11 is 5.76. The quantitative estimate of drug-likeness (QED) is 0.866. The zero-order valence-corrected chi connectivity index (χ0v) is 10.0. The molecule has 0 aliphatic heterocycles.